The second-order valence-corrected chi connectivity index (χ2v) is 5.61. The fraction of sp³-hybridized carbons (Fsp3) is 0.250. The first kappa shape index (κ1) is 15.5. The van der Waals surface area contributed by atoms with Gasteiger partial charge in [0, 0.05) is 23.4 Å². The predicted molar refractivity (Wildman–Crippen MR) is 87.0 cm³/mol. The molecule has 2 aromatic rings. The lowest BCUT2D eigenvalue weighted by atomic mass is 10.1. The zero-order chi connectivity index (χ0) is 15.1. The first-order chi connectivity index (χ1) is 10.2. The van der Waals surface area contributed by atoms with E-state index in [0.29, 0.717) is 6.54 Å². The molecule has 5 heteroatoms. The van der Waals surface area contributed by atoms with Crippen LogP contribution in [0.4, 0.5) is 4.79 Å². The highest BCUT2D eigenvalue weighted by Crippen LogP contribution is 2.22. The van der Waals surface area contributed by atoms with Crippen LogP contribution in [0.3, 0.4) is 0 Å². The van der Waals surface area contributed by atoms with Crippen molar-refractivity contribution in [2.24, 2.45) is 0 Å². The van der Waals surface area contributed by atoms with E-state index < -0.39 is 0 Å². The second kappa shape index (κ2) is 7.78. The molecule has 2 N–H and O–H groups in total. The molecule has 2 rings (SSSR count). The van der Waals surface area contributed by atoms with Gasteiger partial charge in [-0.2, -0.15) is 0 Å². The molecule has 0 saturated carbocycles. The molecule has 0 bridgehead atoms. The Morgan fingerprint density at radius 3 is 2.81 bits per heavy atom. The predicted octanol–water partition coefficient (Wildman–Crippen LogP) is 3.45. The van der Waals surface area contributed by atoms with E-state index in [0.717, 1.165) is 22.0 Å². The Kier molecular flexibility index (Phi) is 5.75. The van der Waals surface area contributed by atoms with Gasteiger partial charge in [0.2, 0.25) is 0 Å². The first-order valence-corrected chi connectivity index (χ1v) is 7.64. The van der Waals surface area contributed by atoms with Gasteiger partial charge in [-0.05, 0) is 36.6 Å². The van der Waals surface area contributed by atoms with Gasteiger partial charge in [0.15, 0.2) is 0 Å². The Morgan fingerprint density at radius 1 is 1.29 bits per heavy atom. The Hall–Kier alpha value is -1.88. The van der Waals surface area contributed by atoms with E-state index in [1.165, 1.54) is 0 Å². The topological polar surface area (TPSA) is 54.0 Å². The average molecular weight is 348 g/mol. The number of carbonyl (C=O) groups is 1. The molecule has 0 radical (unpaired) electrons. The number of hydrogen-bond acceptors (Lipinski definition) is 2. The van der Waals surface area contributed by atoms with Crippen molar-refractivity contribution in [3.8, 4) is 0 Å². The maximum absolute atomic E-state index is 11.9. The number of nitrogens with one attached hydrogen (secondary N) is 2. The molecule has 1 aromatic heterocycles. The Balaban J connectivity index is 1.78. The summed E-state index contributed by atoms with van der Waals surface area (Å²) in [5.41, 5.74) is 2.16. The van der Waals surface area contributed by atoms with Crippen LogP contribution in [0.15, 0.2) is 53.3 Å². The summed E-state index contributed by atoms with van der Waals surface area (Å²) in [6.07, 6.45) is 4.32. The van der Waals surface area contributed by atoms with Crippen LogP contribution in [-0.4, -0.2) is 17.6 Å². The Labute approximate surface area is 133 Å². The van der Waals surface area contributed by atoms with Crippen LogP contribution in [0.2, 0.25) is 0 Å². The minimum absolute atomic E-state index is 0.0565. The summed E-state index contributed by atoms with van der Waals surface area (Å²) in [7, 11) is 0. The summed E-state index contributed by atoms with van der Waals surface area (Å²) < 4.78 is 0.994. The van der Waals surface area contributed by atoms with Gasteiger partial charge in [0.25, 0.3) is 0 Å². The molecule has 2 amide bonds. The van der Waals surface area contributed by atoms with E-state index in [4.69, 9.17) is 0 Å². The molecule has 1 aromatic carbocycles. The largest absolute Gasteiger partial charge is 0.338 e. The van der Waals surface area contributed by atoms with Crippen LogP contribution in [0.25, 0.3) is 0 Å². The summed E-state index contributed by atoms with van der Waals surface area (Å²) in [6, 6.07) is 11.5. The quantitative estimate of drug-likeness (QED) is 0.870. The van der Waals surface area contributed by atoms with Gasteiger partial charge in [0.1, 0.15) is 0 Å². The van der Waals surface area contributed by atoms with Crippen molar-refractivity contribution >= 4 is 22.0 Å². The molecule has 4 nitrogen and oxygen atoms in total. The van der Waals surface area contributed by atoms with Crippen molar-refractivity contribution in [2.45, 2.75) is 19.4 Å². The molecule has 0 spiro atoms. The Morgan fingerprint density at radius 2 is 2.10 bits per heavy atom. The number of nitrogens with zero attached hydrogens (tertiary/aromatic N) is 1. The molecule has 110 valence electrons. The second-order valence-electron chi connectivity index (χ2n) is 4.75. The maximum atomic E-state index is 11.9. The molecule has 1 atom stereocenters. The Bertz CT molecular complexity index is 589. The lowest BCUT2D eigenvalue weighted by Gasteiger charge is -2.16. The lowest BCUT2D eigenvalue weighted by molar-refractivity contribution is 0.238. The number of rotatable bonds is 5. The standard InChI is InChI=1S/C16H18BrN3O/c1-12(14-6-2-3-7-15(14)17)20-16(21)19-10-8-13-5-4-9-18-11-13/h2-7,9,11-12H,8,10H2,1H3,(H2,19,20,21). The van der Waals surface area contributed by atoms with Gasteiger partial charge < -0.3 is 10.6 Å². The van der Waals surface area contributed by atoms with Crippen molar-refractivity contribution in [1.82, 2.24) is 15.6 Å². The molecular weight excluding hydrogens is 330 g/mol. The molecule has 1 unspecified atom stereocenters. The zero-order valence-electron chi connectivity index (χ0n) is 11.8. The lowest BCUT2D eigenvalue weighted by Crippen LogP contribution is -2.38. The highest BCUT2D eigenvalue weighted by atomic mass is 79.9. The third kappa shape index (κ3) is 4.86. The number of benzene rings is 1. The van der Waals surface area contributed by atoms with Crippen molar-refractivity contribution in [3.05, 3.63) is 64.4 Å². The average Bonchev–Trinajstić information content (AvgIpc) is 2.48. The fourth-order valence-electron chi connectivity index (χ4n) is 2.02. The van der Waals surface area contributed by atoms with E-state index in [1.54, 1.807) is 6.20 Å². The highest BCUT2D eigenvalue weighted by molar-refractivity contribution is 9.10. The number of pyridine rings is 1. The van der Waals surface area contributed by atoms with Crippen LogP contribution < -0.4 is 10.6 Å². The third-order valence-corrected chi connectivity index (χ3v) is 3.86. The zero-order valence-corrected chi connectivity index (χ0v) is 13.4. The van der Waals surface area contributed by atoms with Crippen molar-refractivity contribution in [2.75, 3.05) is 6.54 Å². The first-order valence-electron chi connectivity index (χ1n) is 6.84. The van der Waals surface area contributed by atoms with E-state index in [2.05, 4.69) is 31.5 Å². The van der Waals surface area contributed by atoms with Gasteiger partial charge >= 0.3 is 6.03 Å². The van der Waals surface area contributed by atoms with Gasteiger partial charge in [-0.1, -0.05) is 40.2 Å². The molecular formula is C16H18BrN3O. The van der Waals surface area contributed by atoms with Gasteiger partial charge in [-0.15, -0.1) is 0 Å². The number of urea groups is 1. The number of aromatic nitrogens is 1. The highest BCUT2D eigenvalue weighted by Gasteiger charge is 2.11. The normalized spacial score (nSPS) is 11.7. The van der Waals surface area contributed by atoms with E-state index in [1.807, 2.05) is 49.5 Å². The van der Waals surface area contributed by atoms with Crippen molar-refractivity contribution in [1.29, 1.82) is 0 Å². The molecule has 0 aliphatic rings. The maximum Gasteiger partial charge on any atom is 0.315 e. The van der Waals surface area contributed by atoms with Crippen LogP contribution in [-0.2, 0) is 6.42 Å². The monoisotopic (exact) mass is 347 g/mol. The number of amides is 2. The number of halogens is 1. The minimum Gasteiger partial charge on any atom is -0.338 e. The summed E-state index contributed by atoms with van der Waals surface area (Å²) in [4.78, 5) is 15.9. The number of hydrogen-bond donors (Lipinski definition) is 2. The van der Waals surface area contributed by atoms with Crippen LogP contribution in [0.5, 0.6) is 0 Å². The number of carbonyl (C=O) groups excluding carboxylic acids is 1. The summed E-state index contributed by atoms with van der Waals surface area (Å²) >= 11 is 3.49. The molecule has 21 heavy (non-hydrogen) atoms. The summed E-state index contributed by atoms with van der Waals surface area (Å²) in [5.74, 6) is 0. The summed E-state index contributed by atoms with van der Waals surface area (Å²) in [5, 5.41) is 5.79. The van der Waals surface area contributed by atoms with Gasteiger partial charge in [-0.3, -0.25) is 4.98 Å². The van der Waals surface area contributed by atoms with E-state index in [9.17, 15) is 4.79 Å². The fourth-order valence-corrected chi connectivity index (χ4v) is 2.65. The molecule has 0 aliphatic carbocycles. The van der Waals surface area contributed by atoms with Crippen LogP contribution in [0, 0.1) is 0 Å². The molecule has 0 fully saturated rings. The van der Waals surface area contributed by atoms with Crippen molar-refractivity contribution < 1.29 is 4.79 Å². The van der Waals surface area contributed by atoms with Crippen LogP contribution in [0.1, 0.15) is 24.1 Å². The summed E-state index contributed by atoms with van der Waals surface area (Å²) in [6.45, 7) is 2.54. The van der Waals surface area contributed by atoms with E-state index in [-0.39, 0.29) is 12.1 Å². The molecule has 0 saturated heterocycles. The van der Waals surface area contributed by atoms with Crippen molar-refractivity contribution in [3.63, 3.8) is 0 Å². The van der Waals surface area contributed by atoms with E-state index >= 15 is 0 Å². The molecule has 1 heterocycles. The van der Waals surface area contributed by atoms with Gasteiger partial charge in [0.05, 0.1) is 6.04 Å². The SMILES string of the molecule is CC(NC(=O)NCCc1cccnc1)c1ccccc1Br. The molecule has 0 aliphatic heterocycles. The van der Waals surface area contributed by atoms with Crippen LogP contribution >= 0.6 is 15.9 Å². The third-order valence-electron chi connectivity index (χ3n) is 3.14. The van der Waals surface area contributed by atoms with Gasteiger partial charge in [-0.25, -0.2) is 4.79 Å². The smallest absolute Gasteiger partial charge is 0.315 e. The minimum atomic E-state index is -0.165.